The standard InChI is InChI=1S/C13H23NO2/c1-5-15-9(2)16-13-8-10-6-11(13)7-12(10)14(3)4/h7,9-11,13H,5-6,8H2,1-4H3/t9-,10+,11-,13+/m0/s1. The SMILES string of the molecule is CCO[C@H](C)O[C@@H]1C[C@H]2C[C@H]1C=C2N(C)C. The topological polar surface area (TPSA) is 21.7 Å². The van der Waals surface area contributed by atoms with Crippen molar-refractivity contribution in [3.05, 3.63) is 11.8 Å². The second-order valence-corrected chi connectivity index (χ2v) is 5.02. The molecule has 2 aliphatic rings. The molecule has 0 unspecified atom stereocenters. The van der Waals surface area contributed by atoms with E-state index < -0.39 is 0 Å². The Morgan fingerprint density at radius 3 is 2.69 bits per heavy atom. The molecule has 1 saturated carbocycles. The number of hydrogen-bond acceptors (Lipinski definition) is 3. The molecule has 16 heavy (non-hydrogen) atoms. The quantitative estimate of drug-likeness (QED) is 0.670. The van der Waals surface area contributed by atoms with Crippen molar-refractivity contribution in [1.82, 2.24) is 4.90 Å². The van der Waals surface area contributed by atoms with Gasteiger partial charge in [-0.3, -0.25) is 0 Å². The number of allylic oxidation sites excluding steroid dienone is 1. The molecular formula is C13H23NO2. The highest BCUT2D eigenvalue weighted by Gasteiger charge is 2.42. The Labute approximate surface area is 98.4 Å². The van der Waals surface area contributed by atoms with E-state index in [9.17, 15) is 0 Å². The van der Waals surface area contributed by atoms with Crippen LogP contribution in [0.15, 0.2) is 11.8 Å². The van der Waals surface area contributed by atoms with E-state index in [4.69, 9.17) is 9.47 Å². The summed E-state index contributed by atoms with van der Waals surface area (Å²) in [6.45, 7) is 4.72. The van der Waals surface area contributed by atoms with Crippen LogP contribution in [0.3, 0.4) is 0 Å². The Morgan fingerprint density at radius 2 is 2.19 bits per heavy atom. The van der Waals surface area contributed by atoms with Crippen LogP contribution in [0, 0.1) is 11.8 Å². The van der Waals surface area contributed by atoms with E-state index >= 15 is 0 Å². The summed E-state index contributed by atoms with van der Waals surface area (Å²) in [4.78, 5) is 2.24. The molecule has 0 aliphatic heterocycles. The first kappa shape index (κ1) is 11.9. The van der Waals surface area contributed by atoms with Crippen LogP contribution in [0.2, 0.25) is 0 Å². The maximum absolute atomic E-state index is 5.93. The van der Waals surface area contributed by atoms with E-state index in [0.717, 1.165) is 13.0 Å². The molecule has 0 aromatic heterocycles. The van der Waals surface area contributed by atoms with Crippen molar-refractivity contribution in [2.45, 2.75) is 39.1 Å². The molecule has 0 radical (unpaired) electrons. The number of rotatable bonds is 5. The lowest BCUT2D eigenvalue weighted by atomic mass is 10.0. The summed E-state index contributed by atoms with van der Waals surface area (Å²) >= 11 is 0. The van der Waals surface area contributed by atoms with E-state index in [2.05, 4.69) is 25.1 Å². The Hall–Kier alpha value is -0.540. The van der Waals surface area contributed by atoms with E-state index in [1.165, 1.54) is 12.1 Å². The van der Waals surface area contributed by atoms with Gasteiger partial charge in [-0.15, -0.1) is 0 Å². The van der Waals surface area contributed by atoms with Crippen molar-refractivity contribution < 1.29 is 9.47 Å². The molecule has 2 bridgehead atoms. The smallest absolute Gasteiger partial charge is 0.155 e. The van der Waals surface area contributed by atoms with E-state index in [1.54, 1.807) is 0 Å². The van der Waals surface area contributed by atoms with Gasteiger partial charge >= 0.3 is 0 Å². The Kier molecular flexibility index (Phi) is 3.55. The highest BCUT2D eigenvalue weighted by Crippen LogP contribution is 2.46. The zero-order valence-electron chi connectivity index (χ0n) is 10.8. The number of fused-ring (bicyclic) bond motifs is 2. The zero-order valence-corrected chi connectivity index (χ0v) is 10.8. The third kappa shape index (κ3) is 2.25. The van der Waals surface area contributed by atoms with Gasteiger partial charge in [0.2, 0.25) is 0 Å². The van der Waals surface area contributed by atoms with Crippen molar-refractivity contribution in [2.24, 2.45) is 11.8 Å². The fourth-order valence-electron chi connectivity index (χ4n) is 2.99. The van der Waals surface area contributed by atoms with Crippen LogP contribution in [0.4, 0.5) is 0 Å². The van der Waals surface area contributed by atoms with Crippen LogP contribution >= 0.6 is 0 Å². The van der Waals surface area contributed by atoms with Gasteiger partial charge in [0.25, 0.3) is 0 Å². The molecule has 0 aromatic carbocycles. The number of ether oxygens (including phenoxy) is 2. The predicted molar refractivity (Wildman–Crippen MR) is 63.9 cm³/mol. The molecule has 0 heterocycles. The fourth-order valence-corrected chi connectivity index (χ4v) is 2.99. The third-order valence-corrected chi connectivity index (χ3v) is 3.64. The van der Waals surface area contributed by atoms with Gasteiger partial charge in [-0.25, -0.2) is 0 Å². The summed E-state index contributed by atoms with van der Waals surface area (Å²) in [7, 11) is 4.26. The largest absolute Gasteiger partial charge is 0.381 e. The van der Waals surface area contributed by atoms with Crippen LogP contribution in [0.25, 0.3) is 0 Å². The second kappa shape index (κ2) is 4.76. The van der Waals surface area contributed by atoms with Gasteiger partial charge in [-0.05, 0) is 26.7 Å². The maximum atomic E-state index is 5.93. The first-order valence-electron chi connectivity index (χ1n) is 6.28. The molecule has 92 valence electrons. The Balaban J connectivity index is 1.89. The number of nitrogens with zero attached hydrogens (tertiary/aromatic N) is 1. The molecule has 0 saturated heterocycles. The number of hydrogen-bond donors (Lipinski definition) is 0. The first-order valence-corrected chi connectivity index (χ1v) is 6.28. The van der Waals surface area contributed by atoms with Gasteiger partial charge in [-0.2, -0.15) is 0 Å². The van der Waals surface area contributed by atoms with Crippen molar-refractivity contribution in [2.75, 3.05) is 20.7 Å². The Bertz CT molecular complexity index is 275. The molecule has 4 atom stereocenters. The average Bonchev–Trinajstić information content (AvgIpc) is 2.76. The maximum Gasteiger partial charge on any atom is 0.155 e. The minimum atomic E-state index is -0.0643. The average molecular weight is 225 g/mol. The van der Waals surface area contributed by atoms with Crippen molar-refractivity contribution in [3.63, 3.8) is 0 Å². The second-order valence-electron chi connectivity index (χ2n) is 5.02. The first-order chi connectivity index (χ1) is 7.61. The molecule has 0 amide bonds. The molecule has 1 fully saturated rings. The van der Waals surface area contributed by atoms with Crippen LogP contribution < -0.4 is 0 Å². The summed E-state index contributed by atoms with van der Waals surface area (Å²) in [5, 5.41) is 0. The van der Waals surface area contributed by atoms with Crippen LogP contribution in [-0.2, 0) is 9.47 Å². The molecular weight excluding hydrogens is 202 g/mol. The zero-order chi connectivity index (χ0) is 11.7. The summed E-state index contributed by atoms with van der Waals surface area (Å²) in [6.07, 6.45) is 5.11. The van der Waals surface area contributed by atoms with Gasteiger partial charge in [0, 0.05) is 38.2 Å². The van der Waals surface area contributed by atoms with E-state index in [-0.39, 0.29) is 6.29 Å². The van der Waals surface area contributed by atoms with Crippen LogP contribution in [-0.4, -0.2) is 38.0 Å². The van der Waals surface area contributed by atoms with Crippen molar-refractivity contribution in [3.8, 4) is 0 Å². The minimum Gasteiger partial charge on any atom is -0.381 e. The Morgan fingerprint density at radius 1 is 1.44 bits per heavy atom. The molecule has 2 rings (SSSR count). The third-order valence-electron chi connectivity index (χ3n) is 3.64. The predicted octanol–water partition coefficient (Wildman–Crippen LogP) is 2.24. The molecule has 3 nitrogen and oxygen atoms in total. The lowest BCUT2D eigenvalue weighted by Crippen LogP contribution is -2.28. The molecule has 0 spiro atoms. The van der Waals surface area contributed by atoms with Gasteiger partial charge < -0.3 is 14.4 Å². The van der Waals surface area contributed by atoms with Gasteiger partial charge in [-0.1, -0.05) is 6.08 Å². The summed E-state index contributed by atoms with van der Waals surface area (Å²) in [5.41, 5.74) is 1.49. The summed E-state index contributed by atoms with van der Waals surface area (Å²) in [5.74, 6) is 1.31. The monoisotopic (exact) mass is 225 g/mol. The molecule has 3 heteroatoms. The summed E-state index contributed by atoms with van der Waals surface area (Å²) in [6, 6.07) is 0. The highest BCUT2D eigenvalue weighted by molar-refractivity contribution is 5.20. The highest BCUT2D eigenvalue weighted by atomic mass is 16.7. The van der Waals surface area contributed by atoms with Crippen molar-refractivity contribution >= 4 is 0 Å². The molecule has 0 aromatic rings. The lowest BCUT2D eigenvalue weighted by molar-refractivity contribution is -0.162. The lowest BCUT2D eigenvalue weighted by Gasteiger charge is -2.27. The van der Waals surface area contributed by atoms with Crippen molar-refractivity contribution in [1.29, 1.82) is 0 Å². The fraction of sp³-hybridized carbons (Fsp3) is 0.846. The van der Waals surface area contributed by atoms with E-state index in [0.29, 0.717) is 17.9 Å². The minimum absolute atomic E-state index is 0.0643. The normalized spacial score (nSPS) is 34.0. The van der Waals surface area contributed by atoms with Gasteiger partial charge in [0.1, 0.15) is 0 Å². The van der Waals surface area contributed by atoms with Gasteiger partial charge in [0.05, 0.1) is 6.10 Å². The van der Waals surface area contributed by atoms with Gasteiger partial charge in [0.15, 0.2) is 6.29 Å². The van der Waals surface area contributed by atoms with Crippen LogP contribution in [0.5, 0.6) is 0 Å². The van der Waals surface area contributed by atoms with E-state index in [1.807, 2.05) is 13.8 Å². The summed E-state index contributed by atoms with van der Waals surface area (Å²) < 4.78 is 11.4. The molecule has 2 aliphatic carbocycles. The molecule has 0 N–H and O–H groups in total. The van der Waals surface area contributed by atoms with Crippen LogP contribution in [0.1, 0.15) is 26.7 Å².